The van der Waals surface area contributed by atoms with Crippen molar-refractivity contribution in [3.8, 4) is 0 Å². The number of methoxy groups -OCH3 is 1. The van der Waals surface area contributed by atoms with E-state index < -0.39 is 0 Å². The second-order valence-electron chi connectivity index (χ2n) is 4.34. The van der Waals surface area contributed by atoms with Crippen LogP contribution in [-0.4, -0.2) is 38.0 Å². The topological polar surface area (TPSA) is 35.4 Å². The summed E-state index contributed by atoms with van der Waals surface area (Å²) in [4.78, 5) is 0. The van der Waals surface area contributed by atoms with Gasteiger partial charge in [0, 0.05) is 39.2 Å². The lowest BCUT2D eigenvalue weighted by molar-refractivity contribution is 0.0688. The third kappa shape index (κ3) is 6.79. The van der Waals surface area contributed by atoms with Crippen molar-refractivity contribution in [3.63, 3.8) is 0 Å². The van der Waals surface area contributed by atoms with E-state index in [1.165, 1.54) is 5.56 Å². The number of rotatable bonds is 11. The molecule has 0 aliphatic heterocycles. The third-order valence-corrected chi connectivity index (χ3v) is 2.83. The van der Waals surface area contributed by atoms with Crippen molar-refractivity contribution >= 4 is 0 Å². The molecule has 0 atom stereocenters. The van der Waals surface area contributed by atoms with Gasteiger partial charge in [0.25, 0.3) is 0 Å². The van der Waals surface area contributed by atoms with Crippen LogP contribution in [-0.2, 0) is 22.6 Å². The quantitative estimate of drug-likeness (QED) is 0.614. The minimum Gasteiger partial charge on any atom is -0.382 e. The minimum absolute atomic E-state index is 0.687. The number of hydrogen-bond acceptors (Lipinski definition) is 3. The molecule has 0 amide bonds. The average molecular weight is 254 g/mol. The highest BCUT2D eigenvalue weighted by atomic mass is 16.5. The Morgan fingerprint density at radius 1 is 1.22 bits per heavy atom. The summed E-state index contributed by atoms with van der Waals surface area (Å²) in [6.07, 6.45) is 6.58. The van der Waals surface area contributed by atoms with Crippen molar-refractivity contribution in [1.82, 2.24) is 9.88 Å². The molecule has 0 aromatic carbocycles. The molecule has 1 aromatic rings. The van der Waals surface area contributed by atoms with Crippen molar-refractivity contribution in [1.29, 1.82) is 0 Å². The first-order valence-corrected chi connectivity index (χ1v) is 6.79. The number of ether oxygens (including phenoxy) is 2. The molecule has 0 fully saturated rings. The molecule has 0 radical (unpaired) electrons. The van der Waals surface area contributed by atoms with Gasteiger partial charge in [0.2, 0.25) is 0 Å². The molecule has 104 valence electrons. The van der Waals surface area contributed by atoms with Gasteiger partial charge in [-0.15, -0.1) is 0 Å². The van der Waals surface area contributed by atoms with Crippen LogP contribution in [0.3, 0.4) is 0 Å². The van der Waals surface area contributed by atoms with Crippen LogP contribution in [0.2, 0.25) is 0 Å². The molecule has 1 aromatic heterocycles. The largest absolute Gasteiger partial charge is 0.382 e. The molecular weight excluding hydrogens is 228 g/mol. The van der Waals surface area contributed by atoms with Gasteiger partial charge in [0.1, 0.15) is 0 Å². The number of unbranched alkanes of at least 4 members (excludes halogenated alkanes) is 1. The van der Waals surface area contributed by atoms with E-state index in [4.69, 9.17) is 9.47 Å². The average Bonchev–Trinajstić information content (AvgIpc) is 2.85. The summed E-state index contributed by atoms with van der Waals surface area (Å²) in [5, 5.41) is 3.45. The number of aryl methyl sites for hydroxylation is 1. The standard InChI is InChI=1S/C14H26N2O2/c1-3-16-8-6-14(13-16)12-15-7-4-5-9-18-11-10-17-2/h6,8,13,15H,3-5,7,9-12H2,1-2H3. The summed E-state index contributed by atoms with van der Waals surface area (Å²) < 4.78 is 12.5. The molecule has 1 rings (SSSR count). The van der Waals surface area contributed by atoms with Gasteiger partial charge in [-0.25, -0.2) is 0 Å². The number of hydrogen-bond donors (Lipinski definition) is 1. The molecule has 0 aliphatic rings. The Morgan fingerprint density at radius 3 is 2.83 bits per heavy atom. The van der Waals surface area contributed by atoms with Crippen LogP contribution >= 0.6 is 0 Å². The van der Waals surface area contributed by atoms with Gasteiger partial charge in [-0.3, -0.25) is 0 Å². The highest BCUT2D eigenvalue weighted by Gasteiger charge is 1.95. The van der Waals surface area contributed by atoms with Crippen LogP contribution in [0.15, 0.2) is 18.5 Å². The number of aromatic nitrogens is 1. The molecule has 0 spiro atoms. The van der Waals surface area contributed by atoms with Gasteiger partial charge in [0.15, 0.2) is 0 Å². The Bertz CT molecular complexity index is 300. The third-order valence-electron chi connectivity index (χ3n) is 2.83. The molecule has 4 heteroatoms. The zero-order chi connectivity index (χ0) is 13.1. The first-order valence-electron chi connectivity index (χ1n) is 6.79. The highest BCUT2D eigenvalue weighted by Crippen LogP contribution is 2.00. The molecular formula is C14H26N2O2. The predicted octanol–water partition coefficient (Wildman–Crippen LogP) is 2.04. The van der Waals surface area contributed by atoms with Crippen LogP contribution in [0.25, 0.3) is 0 Å². The maximum atomic E-state index is 5.40. The van der Waals surface area contributed by atoms with Crippen LogP contribution < -0.4 is 5.32 Å². The summed E-state index contributed by atoms with van der Waals surface area (Å²) in [6, 6.07) is 2.17. The summed E-state index contributed by atoms with van der Waals surface area (Å²) in [5.74, 6) is 0. The lowest BCUT2D eigenvalue weighted by Crippen LogP contribution is -2.15. The van der Waals surface area contributed by atoms with Crippen LogP contribution in [0.4, 0.5) is 0 Å². The zero-order valence-corrected chi connectivity index (χ0v) is 11.7. The fraction of sp³-hybridized carbons (Fsp3) is 0.714. The van der Waals surface area contributed by atoms with Crippen LogP contribution in [0.5, 0.6) is 0 Å². The summed E-state index contributed by atoms with van der Waals surface area (Å²) >= 11 is 0. The highest BCUT2D eigenvalue weighted by molar-refractivity contribution is 5.09. The zero-order valence-electron chi connectivity index (χ0n) is 11.7. The van der Waals surface area contributed by atoms with Gasteiger partial charge >= 0.3 is 0 Å². The SMILES string of the molecule is CCn1ccc(CNCCCCOCCOC)c1. The summed E-state index contributed by atoms with van der Waals surface area (Å²) in [7, 11) is 1.69. The molecule has 0 bridgehead atoms. The van der Waals surface area contributed by atoms with E-state index in [0.29, 0.717) is 13.2 Å². The van der Waals surface area contributed by atoms with Crippen LogP contribution in [0, 0.1) is 0 Å². The first kappa shape index (κ1) is 15.2. The van der Waals surface area contributed by atoms with E-state index in [1.54, 1.807) is 7.11 Å². The first-order chi connectivity index (χ1) is 8.86. The number of nitrogens with zero attached hydrogens (tertiary/aromatic N) is 1. The lowest BCUT2D eigenvalue weighted by atomic mass is 10.3. The van der Waals surface area contributed by atoms with E-state index in [1.807, 2.05) is 0 Å². The van der Waals surface area contributed by atoms with E-state index in [9.17, 15) is 0 Å². The van der Waals surface area contributed by atoms with E-state index in [2.05, 4.69) is 35.3 Å². The van der Waals surface area contributed by atoms with Crippen molar-refractivity contribution in [2.45, 2.75) is 32.9 Å². The maximum Gasteiger partial charge on any atom is 0.0700 e. The normalized spacial score (nSPS) is 11.0. The fourth-order valence-electron chi connectivity index (χ4n) is 1.72. The van der Waals surface area contributed by atoms with Crippen molar-refractivity contribution in [2.75, 3.05) is 33.5 Å². The van der Waals surface area contributed by atoms with Gasteiger partial charge in [-0.05, 0) is 37.9 Å². The molecule has 0 saturated heterocycles. The molecule has 18 heavy (non-hydrogen) atoms. The Kier molecular flexibility index (Phi) is 8.55. The maximum absolute atomic E-state index is 5.40. The summed E-state index contributed by atoms with van der Waals surface area (Å²) in [6.45, 7) is 7.42. The Hall–Kier alpha value is -0.840. The molecule has 1 heterocycles. The fourth-order valence-corrected chi connectivity index (χ4v) is 1.72. The number of nitrogens with one attached hydrogen (secondary N) is 1. The predicted molar refractivity (Wildman–Crippen MR) is 73.7 cm³/mol. The second-order valence-corrected chi connectivity index (χ2v) is 4.34. The second kappa shape index (κ2) is 10.1. The molecule has 0 aliphatic carbocycles. The van der Waals surface area contributed by atoms with Crippen molar-refractivity contribution < 1.29 is 9.47 Å². The van der Waals surface area contributed by atoms with Gasteiger partial charge in [0.05, 0.1) is 13.2 Å². The minimum atomic E-state index is 0.687. The Labute approximate surface area is 110 Å². The molecule has 0 unspecified atom stereocenters. The summed E-state index contributed by atoms with van der Waals surface area (Å²) in [5.41, 5.74) is 1.35. The van der Waals surface area contributed by atoms with Crippen molar-refractivity contribution in [3.05, 3.63) is 24.0 Å². The van der Waals surface area contributed by atoms with E-state index >= 15 is 0 Å². The Morgan fingerprint density at radius 2 is 2.11 bits per heavy atom. The lowest BCUT2D eigenvalue weighted by Gasteiger charge is -2.05. The van der Waals surface area contributed by atoms with Crippen molar-refractivity contribution in [2.24, 2.45) is 0 Å². The van der Waals surface area contributed by atoms with Gasteiger partial charge in [-0.2, -0.15) is 0 Å². The Balaban J connectivity index is 1.89. The van der Waals surface area contributed by atoms with Gasteiger partial charge < -0.3 is 19.4 Å². The monoisotopic (exact) mass is 254 g/mol. The molecule has 4 nitrogen and oxygen atoms in total. The van der Waals surface area contributed by atoms with Crippen LogP contribution in [0.1, 0.15) is 25.3 Å². The molecule has 0 saturated carbocycles. The molecule has 1 N–H and O–H groups in total. The van der Waals surface area contributed by atoms with E-state index in [-0.39, 0.29) is 0 Å². The van der Waals surface area contributed by atoms with Gasteiger partial charge in [-0.1, -0.05) is 0 Å². The van der Waals surface area contributed by atoms with E-state index in [0.717, 1.165) is 39.1 Å². The smallest absolute Gasteiger partial charge is 0.0700 e.